The van der Waals surface area contributed by atoms with Crippen molar-refractivity contribution < 1.29 is 4.79 Å². The molecule has 12 heteroatoms. The van der Waals surface area contributed by atoms with Crippen molar-refractivity contribution in [2.45, 2.75) is 12.1 Å². The Labute approximate surface area is 156 Å². The molecule has 0 saturated heterocycles. The van der Waals surface area contributed by atoms with Crippen LogP contribution in [-0.4, -0.2) is 42.2 Å². The van der Waals surface area contributed by atoms with Gasteiger partial charge in [0.05, 0.1) is 17.2 Å². The number of nitrogen functional groups attached to an aromatic ring is 1. The number of nitrogens with one attached hydrogen (secondary N) is 2. The second-order valence-electron chi connectivity index (χ2n) is 4.87. The lowest BCUT2D eigenvalue weighted by atomic mass is 10.3. The zero-order chi connectivity index (χ0) is 18.4. The molecule has 3 aromatic rings. The Kier molecular flexibility index (Phi) is 5.76. The number of nitrogens with two attached hydrogens (primary N) is 1. The standard InChI is InChI=1S/C14H15N9OS2/c1-9(10-4-2-3-5-16-10)19-20-12-21-22-14(23(12)15)26-8-11(24)18-13-17-6-7-25-13/h2-7H,8,15H2,1H3,(H,20,21)(H,17,18,24)/b19-9+. The van der Waals surface area contributed by atoms with Crippen LogP contribution in [0.5, 0.6) is 0 Å². The van der Waals surface area contributed by atoms with Gasteiger partial charge in [-0.1, -0.05) is 17.8 Å². The molecule has 134 valence electrons. The molecule has 3 aromatic heterocycles. The van der Waals surface area contributed by atoms with E-state index in [1.807, 2.05) is 25.1 Å². The molecule has 1 amide bonds. The van der Waals surface area contributed by atoms with E-state index in [9.17, 15) is 4.79 Å². The molecule has 0 bridgehead atoms. The lowest BCUT2D eigenvalue weighted by Crippen LogP contribution is -2.17. The summed E-state index contributed by atoms with van der Waals surface area (Å²) in [5, 5.41) is 17.5. The second-order valence-corrected chi connectivity index (χ2v) is 6.71. The number of carbonyl (C=O) groups excluding carboxylic acids is 1. The Bertz CT molecular complexity index is 893. The first kappa shape index (κ1) is 17.8. The second kappa shape index (κ2) is 8.40. The molecule has 4 N–H and O–H groups in total. The highest BCUT2D eigenvalue weighted by Crippen LogP contribution is 2.18. The van der Waals surface area contributed by atoms with Crippen molar-refractivity contribution in [3.8, 4) is 0 Å². The number of thioether (sulfide) groups is 1. The fourth-order valence-corrected chi connectivity index (χ4v) is 2.99. The maximum Gasteiger partial charge on any atom is 0.264 e. The van der Waals surface area contributed by atoms with Crippen LogP contribution in [0.15, 0.2) is 46.2 Å². The molecule has 0 fully saturated rings. The lowest BCUT2D eigenvalue weighted by Gasteiger charge is -2.04. The Balaban J connectivity index is 1.56. The molecule has 0 atom stereocenters. The van der Waals surface area contributed by atoms with E-state index in [0.29, 0.717) is 16.0 Å². The van der Waals surface area contributed by atoms with E-state index in [4.69, 9.17) is 5.84 Å². The van der Waals surface area contributed by atoms with Gasteiger partial charge < -0.3 is 11.2 Å². The van der Waals surface area contributed by atoms with Crippen LogP contribution in [0.25, 0.3) is 0 Å². The van der Waals surface area contributed by atoms with Crippen LogP contribution in [0.1, 0.15) is 12.6 Å². The van der Waals surface area contributed by atoms with Crippen molar-refractivity contribution in [3.63, 3.8) is 0 Å². The summed E-state index contributed by atoms with van der Waals surface area (Å²) >= 11 is 2.50. The van der Waals surface area contributed by atoms with E-state index in [1.54, 1.807) is 17.8 Å². The summed E-state index contributed by atoms with van der Waals surface area (Å²) in [5.41, 5.74) is 4.15. The average molecular weight is 389 g/mol. The monoisotopic (exact) mass is 389 g/mol. The molecule has 0 aliphatic rings. The van der Waals surface area contributed by atoms with Crippen molar-refractivity contribution in [2.24, 2.45) is 5.10 Å². The normalized spacial score (nSPS) is 11.3. The van der Waals surface area contributed by atoms with Crippen LogP contribution in [0.3, 0.4) is 0 Å². The quantitative estimate of drug-likeness (QED) is 0.239. The molecular formula is C14H15N9OS2. The third kappa shape index (κ3) is 4.55. The highest BCUT2D eigenvalue weighted by atomic mass is 32.2. The van der Waals surface area contributed by atoms with Gasteiger partial charge in [-0.25, -0.2) is 15.1 Å². The van der Waals surface area contributed by atoms with Gasteiger partial charge in [0.2, 0.25) is 11.1 Å². The van der Waals surface area contributed by atoms with Crippen molar-refractivity contribution in [1.29, 1.82) is 0 Å². The molecule has 0 radical (unpaired) electrons. The number of hydrogen-bond donors (Lipinski definition) is 3. The van der Waals surface area contributed by atoms with Crippen LogP contribution < -0.4 is 16.6 Å². The van der Waals surface area contributed by atoms with E-state index in [2.05, 4.69) is 36.0 Å². The molecule has 0 spiro atoms. The third-order valence-corrected chi connectivity index (χ3v) is 4.67. The molecule has 0 aromatic carbocycles. The molecule has 0 aliphatic heterocycles. The number of pyridine rings is 1. The Morgan fingerprint density at radius 3 is 2.96 bits per heavy atom. The number of anilines is 2. The van der Waals surface area contributed by atoms with E-state index >= 15 is 0 Å². The molecule has 0 aliphatic carbocycles. The van der Waals surface area contributed by atoms with E-state index < -0.39 is 0 Å². The van der Waals surface area contributed by atoms with Crippen molar-refractivity contribution in [1.82, 2.24) is 24.8 Å². The summed E-state index contributed by atoms with van der Waals surface area (Å²) < 4.78 is 1.23. The first-order valence-electron chi connectivity index (χ1n) is 7.38. The minimum Gasteiger partial charge on any atom is -0.334 e. The maximum absolute atomic E-state index is 11.9. The zero-order valence-electron chi connectivity index (χ0n) is 13.7. The van der Waals surface area contributed by atoms with Gasteiger partial charge >= 0.3 is 0 Å². The van der Waals surface area contributed by atoms with E-state index in [-0.39, 0.29) is 17.6 Å². The number of amides is 1. The summed E-state index contributed by atoms with van der Waals surface area (Å²) in [6.45, 7) is 1.81. The fraction of sp³-hybridized carbons (Fsp3) is 0.143. The van der Waals surface area contributed by atoms with Crippen molar-refractivity contribution in [3.05, 3.63) is 41.7 Å². The highest BCUT2D eigenvalue weighted by Gasteiger charge is 2.12. The number of carbonyl (C=O) groups is 1. The third-order valence-electron chi connectivity index (χ3n) is 3.03. The number of nitrogens with zero attached hydrogens (tertiary/aromatic N) is 6. The van der Waals surface area contributed by atoms with Crippen LogP contribution in [-0.2, 0) is 4.79 Å². The zero-order valence-corrected chi connectivity index (χ0v) is 15.3. The first-order chi connectivity index (χ1) is 12.6. The first-order valence-corrected chi connectivity index (χ1v) is 9.24. The van der Waals surface area contributed by atoms with Crippen molar-refractivity contribution >= 4 is 45.8 Å². The molecule has 26 heavy (non-hydrogen) atoms. The Hall–Kier alpha value is -2.99. The Morgan fingerprint density at radius 2 is 2.23 bits per heavy atom. The van der Waals surface area contributed by atoms with Gasteiger partial charge in [0.15, 0.2) is 5.13 Å². The molecule has 3 rings (SSSR count). The van der Waals surface area contributed by atoms with Gasteiger partial charge in [0.25, 0.3) is 5.95 Å². The van der Waals surface area contributed by atoms with Crippen molar-refractivity contribution in [2.75, 3.05) is 22.3 Å². The lowest BCUT2D eigenvalue weighted by molar-refractivity contribution is -0.113. The molecule has 0 unspecified atom stereocenters. The number of rotatable bonds is 7. The minimum absolute atomic E-state index is 0.130. The highest BCUT2D eigenvalue weighted by molar-refractivity contribution is 7.99. The fourth-order valence-electron chi connectivity index (χ4n) is 1.79. The predicted octanol–water partition coefficient (Wildman–Crippen LogP) is 1.41. The van der Waals surface area contributed by atoms with Crippen LogP contribution >= 0.6 is 23.1 Å². The largest absolute Gasteiger partial charge is 0.334 e. The maximum atomic E-state index is 11.9. The van der Waals surface area contributed by atoms with Crippen LogP contribution in [0, 0.1) is 0 Å². The van der Waals surface area contributed by atoms with E-state index in [1.165, 1.54) is 16.0 Å². The number of hydrazone groups is 1. The molecule has 10 nitrogen and oxygen atoms in total. The van der Waals surface area contributed by atoms with Crippen LogP contribution in [0.4, 0.5) is 11.1 Å². The summed E-state index contributed by atoms with van der Waals surface area (Å²) in [6.07, 6.45) is 3.31. The predicted molar refractivity (Wildman–Crippen MR) is 102 cm³/mol. The van der Waals surface area contributed by atoms with Gasteiger partial charge in [-0.3, -0.25) is 9.78 Å². The van der Waals surface area contributed by atoms with Gasteiger partial charge in [0, 0.05) is 17.8 Å². The van der Waals surface area contributed by atoms with Gasteiger partial charge in [-0.2, -0.15) is 5.10 Å². The summed E-state index contributed by atoms with van der Waals surface area (Å²) in [6, 6.07) is 5.54. The van der Waals surface area contributed by atoms with Gasteiger partial charge in [-0.05, 0) is 19.1 Å². The van der Waals surface area contributed by atoms with Crippen LogP contribution in [0.2, 0.25) is 0 Å². The number of hydrogen-bond acceptors (Lipinski definition) is 10. The number of aromatic nitrogens is 5. The van der Waals surface area contributed by atoms with Gasteiger partial charge in [0.1, 0.15) is 0 Å². The van der Waals surface area contributed by atoms with Gasteiger partial charge in [-0.15, -0.1) is 21.5 Å². The molecular weight excluding hydrogens is 374 g/mol. The number of thiazole rings is 1. The minimum atomic E-state index is -0.202. The van der Waals surface area contributed by atoms with E-state index in [0.717, 1.165) is 17.5 Å². The SMILES string of the molecule is C/C(=N\Nc1nnc(SCC(=O)Nc2nccs2)n1N)c1ccccn1. The summed E-state index contributed by atoms with van der Waals surface area (Å²) in [7, 11) is 0. The topological polar surface area (TPSA) is 136 Å². The summed E-state index contributed by atoms with van der Waals surface area (Å²) in [4.78, 5) is 20.1. The molecule has 0 saturated carbocycles. The smallest absolute Gasteiger partial charge is 0.264 e. The average Bonchev–Trinajstić information content (AvgIpc) is 3.29. The Morgan fingerprint density at radius 1 is 1.35 bits per heavy atom. The summed E-state index contributed by atoms with van der Waals surface area (Å²) in [5.74, 6) is 6.11. The molecule has 3 heterocycles.